The van der Waals surface area contributed by atoms with E-state index in [-0.39, 0.29) is 11.8 Å². The predicted octanol–water partition coefficient (Wildman–Crippen LogP) is 1.24. The number of imidazole rings is 1. The highest BCUT2D eigenvalue weighted by molar-refractivity contribution is 7.99. The summed E-state index contributed by atoms with van der Waals surface area (Å²) < 4.78 is 7.42. The number of carbonyl (C=O) groups excluding carboxylic acids is 1. The molecule has 1 aliphatic rings. The number of halogens is 1. The summed E-state index contributed by atoms with van der Waals surface area (Å²) in [6.45, 7) is 0.418. The number of nitrogen functional groups attached to an aromatic ring is 1. The van der Waals surface area contributed by atoms with Crippen LogP contribution in [0.25, 0.3) is 11.2 Å². The molecule has 1 saturated heterocycles. The number of hydrogen-bond acceptors (Lipinski definition) is 9. The number of thioether (sulfide) groups is 1. The molecule has 2 aromatic heterocycles. The van der Waals surface area contributed by atoms with Crippen molar-refractivity contribution < 1.29 is 19.7 Å². The molecule has 11 nitrogen and oxygen atoms in total. The lowest BCUT2D eigenvalue weighted by Crippen LogP contribution is -2.33. The van der Waals surface area contributed by atoms with Gasteiger partial charge in [-0.25, -0.2) is 19.7 Å². The van der Waals surface area contributed by atoms with Gasteiger partial charge in [-0.3, -0.25) is 4.57 Å². The number of aliphatic hydroxyl groups is 2. The van der Waals surface area contributed by atoms with Crippen molar-refractivity contribution in [3.63, 3.8) is 0 Å². The summed E-state index contributed by atoms with van der Waals surface area (Å²) in [5, 5.41) is 26.9. The molecule has 4 rings (SSSR count). The van der Waals surface area contributed by atoms with Crippen molar-refractivity contribution in [2.24, 2.45) is 0 Å². The van der Waals surface area contributed by atoms with Crippen LogP contribution in [0, 0.1) is 0 Å². The van der Waals surface area contributed by atoms with Crippen molar-refractivity contribution in [1.29, 1.82) is 0 Å². The number of aromatic nitrogens is 4. The maximum absolute atomic E-state index is 11.9. The first kappa shape index (κ1) is 22.6. The second kappa shape index (κ2) is 9.88. The van der Waals surface area contributed by atoms with Gasteiger partial charge in [0.05, 0.1) is 12.4 Å². The maximum atomic E-state index is 11.9. The van der Waals surface area contributed by atoms with Gasteiger partial charge in [-0.05, 0) is 24.3 Å². The molecule has 1 aliphatic heterocycles. The number of amides is 2. The summed E-state index contributed by atoms with van der Waals surface area (Å²) in [6, 6.07) is 6.47. The molecule has 2 amide bonds. The Bertz CT molecular complexity index is 1080. The van der Waals surface area contributed by atoms with E-state index < -0.39 is 24.5 Å². The Hall–Kier alpha value is -2.64. The number of anilines is 2. The molecule has 1 fully saturated rings. The molecule has 32 heavy (non-hydrogen) atoms. The maximum Gasteiger partial charge on any atom is 0.319 e. The Kier molecular flexibility index (Phi) is 6.96. The molecular formula is C19H22ClN7O4S. The zero-order chi connectivity index (χ0) is 22.7. The SMILES string of the molecule is Nc1ncnc2c1ncn2[C@@H]1O[C@H](CSCCNC(=O)Nc2ccc(Cl)cc2)[C@@H](O)[C@H]1O. The molecule has 0 saturated carbocycles. The minimum Gasteiger partial charge on any atom is -0.387 e. The minimum atomic E-state index is -1.16. The fraction of sp³-hybridized carbons (Fsp3) is 0.368. The van der Waals surface area contributed by atoms with Gasteiger partial charge >= 0.3 is 6.03 Å². The quantitative estimate of drug-likeness (QED) is 0.314. The van der Waals surface area contributed by atoms with Gasteiger partial charge in [0.25, 0.3) is 0 Å². The molecule has 4 atom stereocenters. The summed E-state index contributed by atoms with van der Waals surface area (Å²) in [5.41, 5.74) is 7.26. The number of hydrogen-bond donors (Lipinski definition) is 5. The molecule has 0 spiro atoms. The predicted molar refractivity (Wildman–Crippen MR) is 121 cm³/mol. The van der Waals surface area contributed by atoms with E-state index in [1.165, 1.54) is 29.0 Å². The van der Waals surface area contributed by atoms with Crippen LogP contribution in [0.5, 0.6) is 0 Å². The van der Waals surface area contributed by atoms with Crippen LogP contribution in [0.3, 0.4) is 0 Å². The van der Waals surface area contributed by atoms with E-state index in [1.54, 1.807) is 24.3 Å². The number of fused-ring (bicyclic) bond motifs is 1. The van der Waals surface area contributed by atoms with E-state index in [2.05, 4.69) is 25.6 Å². The molecule has 0 unspecified atom stereocenters. The Morgan fingerprint density at radius 1 is 1.22 bits per heavy atom. The molecule has 170 valence electrons. The number of benzene rings is 1. The molecule has 6 N–H and O–H groups in total. The first-order valence-electron chi connectivity index (χ1n) is 9.77. The van der Waals surface area contributed by atoms with Gasteiger partial charge in [0.15, 0.2) is 17.7 Å². The smallest absolute Gasteiger partial charge is 0.319 e. The zero-order valence-electron chi connectivity index (χ0n) is 16.8. The first-order valence-corrected chi connectivity index (χ1v) is 11.3. The standard InChI is InChI=1S/C19H22ClN7O4S/c20-10-1-3-11(4-2-10)26-19(30)22-5-6-32-7-12-14(28)15(29)18(31-12)27-9-25-13-16(21)23-8-24-17(13)27/h1-4,8-9,12,14-15,18,28-29H,5-7H2,(H2,21,23,24)(H2,22,26,30)/t12-,14-,15-,18-/m1/s1. The van der Waals surface area contributed by atoms with E-state index >= 15 is 0 Å². The zero-order valence-corrected chi connectivity index (χ0v) is 18.3. The van der Waals surface area contributed by atoms with Crippen molar-refractivity contribution in [2.75, 3.05) is 29.1 Å². The van der Waals surface area contributed by atoms with Crippen LogP contribution in [0.15, 0.2) is 36.9 Å². The third kappa shape index (κ3) is 4.89. The van der Waals surface area contributed by atoms with Crippen molar-refractivity contribution >= 4 is 52.1 Å². The van der Waals surface area contributed by atoms with E-state index in [0.717, 1.165) is 0 Å². The van der Waals surface area contributed by atoms with E-state index in [4.69, 9.17) is 22.1 Å². The lowest BCUT2D eigenvalue weighted by molar-refractivity contribution is -0.0289. The van der Waals surface area contributed by atoms with Gasteiger partial charge in [-0.15, -0.1) is 0 Å². The van der Waals surface area contributed by atoms with E-state index in [1.807, 2.05) is 0 Å². The van der Waals surface area contributed by atoms with Gasteiger partial charge in [0.2, 0.25) is 0 Å². The first-order chi connectivity index (χ1) is 15.4. The largest absolute Gasteiger partial charge is 0.387 e. The Morgan fingerprint density at radius 2 is 2.00 bits per heavy atom. The van der Waals surface area contributed by atoms with Gasteiger partial charge in [0.1, 0.15) is 24.1 Å². The Labute approximate surface area is 192 Å². The van der Waals surface area contributed by atoms with Crippen LogP contribution in [-0.4, -0.2) is 72.1 Å². The highest BCUT2D eigenvalue weighted by Gasteiger charge is 2.44. The van der Waals surface area contributed by atoms with Crippen LogP contribution in [-0.2, 0) is 4.74 Å². The fourth-order valence-electron chi connectivity index (χ4n) is 3.30. The Morgan fingerprint density at radius 3 is 2.78 bits per heavy atom. The molecular weight excluding hydrogens is 458 g/mol. The summed E-state index contributed by atoms with van der Waals surface area (Å²) >= 11 is 7.31. The number of nitrogens with one attached hydrogen (secondary N) is 2. The number of nitrogens with zero attached hydrogens (tertiary/aromatic N) is 4. The highest BCUT2D eigenvalue weighted by atomic mass is 35.5. The van der Waals surface area contributed by atoms with Crippen molar-refractivity contribution in [1.82, 2.24) is 24.8 Å². The van der Waals surface area contributed by atoms with Crippen LogP contribution in [0.2, 0.25) is 5.02 Å². The van der Waals surface area contributed by atoms with Gasteiger partial charge < -0.3 is 31.3 Å². The molecule has 0 bridgehead atoms. The average molecular weight is 480 g/mol. The molecule has 0 aliphatic carbocycles. The van der Waals surface area contributed by atoms with Crippen LogP contribution in [0.4, 0.5) is 16.3 Å². The average Bonchev–Trinajstić information content (AvgIpc) is 3.32. The van der Waals surface area contributed by atoms with Crippen LogP contribution >= 0.6 is 23.4 Å². The topological polar surface area (TPSA) is 160 Å². The molecule has 3 aromatic rings. The second-order valence-electron chi connectivity index (χ2n) is 7.09. The molecule has 0 radical (unpaired) electrons. The monoisotopic (exact) mass is 479 g/mol. The van der Waals surface area contributed by atoms with Crippen molar-refractivity contribution in [2.45, 2.75) is 24.5 Å². The van der Waals surface area contributed by atoms with Crippen molar-refractivity contribution in [3.8, 4) is 0 Å². The van der Waals surface area contributed by atoms with Gasteiger partial charge in [-0.1, -0.05) is 11.6 Å². The van der Waals surface area contributed by atoms with Gasteiger partial charge in [-0.2, -0.15) is 11.8 Å². The van der Waals surface area contributed by atoms with Crippen molar-refractivity contribution in [3.05, 3.63) is 41.9 Å². The molecule has 1 aromatic carbocycles. The summed E-state index contributed by atoms with van der Waals surface area (Å²) in [7, 11) is 0. The lowest BCUT2D eigenvalue weighted by Gasteiger charge is -2.16. The highest BCUT2D eigenvalue weighted by Crippen LogP contribution is 2.33. The summed E-state index contributed by atoms with van der Waals surface area (Å²) in [6.07, 6.45) is -0.924. The number of urea groups is 1. The number of carbonyl (C=O) groups is 1. The fourth-order valence-corrected chi connectivity index (χ4v) is 4.34. The van der Waals surface area contributed by atoms with Gasteiger partial charge in [0, 0.05) is 28.8 Å². The summed E-state index contributed by atoms with van der Waals surface area (Å²) in [5.74, 6) is 1.25. The summed E-state index contributed by atoms with van der Waals surface area (Å²) in [4.78, 5) is 24.1. The normalized spacial score (nSPS) is 22.8. The minimum absolute atomic E-state index is 0.224. The molecule has 3 heterocycles. The third-order valence-corrected chi connectivity index (χ3v) is 6.22. The second-order valence-corrected chi connectivity index (χ2v) is 8.68. The van der Waals surface area contributed by atoms with E-state index in [0.29, 0.717) is 39.9 Å². The number of ether oxygens (including phenoxy) is 1. The van der Waals surface area contributed by atoms with E-state index in [9.17, 15) is 15.0 Å². The number of aliphatic hydroxyl groups excluding tert-OH is 2. The number of nitrogens with two attached hydrogens (primary N) is 1. The third-order valence-electron chi connectivity index (χ3n) is 4.91. The van der Waals surface area contributed by atoms with Crippen LogP contribution in [0.1, 0.15) is 6.23 Å². The molecule has 13 heteroatoms. The lowest BCUT2D eigenvalue weighted by atomic mass is 10.1. The van der Waals surface area contributed by atoms with Crippen LogP contribution < -0.4 is 16.4 Å². The Balaban J connectivity index is 1.24. The number of rotatable bonds is 7.